The summed E-state index contributed by atoms with van der Waals surface area (Å²) in [6.07, 6.45) is 0.905. The minimum atomic E-state index is 0.131. The zero-order valence-corrected chi connectivity index (χ0v) is 9.11. The molecule has 78 valence electrons. The summed E-state index contributed by atoms with van der Waals surface area (Å²) in [5.41, 5.74) is 1.17. The van der Waals surface area contributed by atoms with Crippen molar-refractivity contribution in [1.82, 2.24) is 10.1 Å². The largest absolute Gasteiger partial charge is 0.337 e. The summed E-state index contributed by atoms with van der Waals surface area (Å²) in [7, 11) is 0. The molecule has 0 saturated heterocycles. The molecule has 0 N–H and O–H groups in total. The maximum atomic E-state index is 5.63. The molecule has 2 rings (SSSR count). The maximum absolute atomic E-state index is 5.63. The van der Waals surface area contributed by atoms with E-state index in [2.05, 4.69) is 17.1 Å². The van der Waals surface area contributed by atoms with E-state index >= 15 is 0 Å². The highest BCUT2D eigenvalue weighted by Crippen LogP contribution is 2.26. The molecule has 0 saturated carbocycles. The first-order valence-electron chi connectivity index (χ1n) is 4.85. The van der Waals surface area contributed by atoms with E-state index < -0.39 is 0 Å². The third-order valence-corrected chi connectivity index (χ3v) is 2.48. The number of halogens is 1. The van der Waals surface area contributed by atoms with Crippen LogP contribution < -0.4 is 0 Å². The first kappa shape index (κ1) is 10.2. The number of benzene rings is 1. The Morgan fingerprint density at radius 1 is 1.33 bits per heavy atom. The van der Waals surface area contributed by atoms with Gasteiger partial charge >= 0.3 is 0 Å². The summed E-state index contributed by atoms with van der Waals surface area (Å²) < 4.78 is 5.08. The third kappa shape index (κ3) is 2.18. The molecule has 0 aliphatic heterocycles. The first-order valence-corrected chi connectivity index (χ1v) is 5.23. The highest BCUT2D eigenvalue weighted by molar-refractivity contribution is 6.28. The van der Waals surface area contributed by atoms with Crippen molar-refractivity contribution in [2.45, 2.75) is 19.3 Å². The average Bonchev–Trinajstić information content (AvgIpc) is 2.68. The number of rotatable bonds is 3. The zero-order valence-electron chi connectivity index (χ0n) is 8.35. The van der Waals surface area contributed by atoms with Gasteiger partial charge in [0.1, 0.15) is 0 Å². The standard InChI is InChI=1S/C11H11ClN2O/c1-2-9(8-6-4-3-5-7-8)10-13-11(12)14-15-10/h3-7,9H,2H2,1H3. The summed E-state index contributed by atoms with van der Waals surface area (Å²) in [5.74, 6) is 0.708. The van der Waals surface area contributed by atoms with Crippen LogP contribution in [0.15, 0.2) is 34.9 Å². The summed E-state index contributed by atoms with van der Waals surface area (Å²) in [4.78, 5) is 4.05. The van der Waals surface area contributed by atoms with Gasteiger partial charge in [0.05, 0.1) is 5.92 Å². The molecule has 1 unspecified atom stereocenters. The van der Waals surface area contributed by atoms with Gasteiger partial charge < -0.3 is 4.52 Å². The van der Waals surface area contributed by atoms with Crippen LogP contribution in [0.2, 0.25) is 5.28 Å². The molecule has 0 aliphatic rings. The lowest BCUT2D eigenvalue weighted by Gasteiger charge is -2.09. The van der Waals surface area contributed by atoms with Crippen molar-refractivity contribution in [1.29, 1.82) is 0 Å². The van der Waals surface area contributed by atoms with Gasteiger partial charge in [-0.25, -0.2) is 0 Å². The molecule has 0 fully saturated rings. The Balaban J connectivity index is 2.33. The van der Waals surface area contributed by atoms with Crippen molar-refractivity contribution in [3.63, 3.8) is 0 Å². The van der Waals surface area contributed by atoms with Crippen molar-refractivity contribution >= 4 is 11.6 Å². The normalized spacial score (nSPS) is 12.7. The average molecular weight is 223 g/mol. The number of hydrogen-bond acceptors (Lipinski definition) is 3. The van der Waals surface area contributed by atoms with Crippen LogP contribution in [0.4, 0.5) is 0 Å². The molecular formula is C11H11ClN2O. The SMILES string of the molecule is CCC(c1ccccc1)c1nc(Cl)no1. The Kier molecular flexibility index (Phi) is 3.02. The summed E-state index contributed by atoms with van der Waals surface area (Å²) >= 11 is 5.63. The molecule has 1 aromatic carbocycles. The lowest BCUT2D eigenvalue weighted by atomic mass is 9.97. The quantitative estimate of drug-likeness (QED) is 0.800. The van der Waals surface area contributed by atoms with E-state index in [1.165, 1.54) is 5.56 Å². The molecule has 0 radical (unpaired) electrons. The molecule has 0 bridgehead atoms. The lowest BCUT2D eigenvalue weighted by molar-refractivity contribution is 0.362. The zero-order chi connectivity index (χ0) is 10.7. The molecule has 2 aromatic rings. The molecule has 0 spiro atoms. The van der Waals surface area contributed by atoms with Gasteiger partial charge in [0.15, 0.2) is 0 Å². The van der Waals surface area contributed by atoms with Gasteiger partial charge in [0.2, 0.25) is 5.89 Å². The van der Waals surface area contributed by atoms with Crippen LogP contribution in [0, 0.1) is 0 Å². The summed E-state index contributed by atoms with van der Waals surface area (Å²) in [6.45, 7) is 2.08. The van der Waals surface area contributed by atoms with Crippen LogP contribution in [0.3, 0.4) is 0 Å². The Labute approximate surface area is 93.1 Å². The highest BCUT2D eigenvalue weighted by atomic mass is 35.5. The fraction of sp³-hybridized carbons (Fsp3) is 0.273. The summed E-state index contributed by atoms with van der Waals surface area (Å²) in [5, 5.41) is 3.76. The maximum Gasteiger partial charge on any atom is 0.263 e. The van der Waals surface area contributed by atoms with Crippen molar-refractivity contribution in [2.24, 2.45) is 0 Å². The second-order valence-electron chi connectivity index (χ2n) is 3.27. The van der Waals surface area contributed by atoms with Gasteiger partial charge in [0, 0.05) is 0 Å². The van der Waals surface area contributed by atoms with E-state index in [-0.39, 0.29) is 11.2 Å². The van der Waals surface area contributed by atoms with E-state index in [0.717, 1.165) is 6.42 Å². The third-order valence-electron chi connectivity index (χ3n) is 2.33. The van der Waals surface area contributed by atoms with Gasteiger partial charge in [-0.2, -0.15) is 4.98 Å². The minimum Gasteiger partial charge on any atom is -0.337 e. The van der Waals surface area contributed by atoms with Crippen LogP contribution in [-0.4, -0.2) is 10.1 Å². The van der Waals surface area contributed by atoms with Crippen LogP contribution in [0.1, 0.15) is 30.7 Å². The predicted molar refractivity (Wildman–Crippen MR) is 57.9 cm³/mol. The molecule has 4 heteroatoms. The monoisotopic (exact) mass is 222 g/mol. The number of aromatic nitrogens is 2. The van der Waals surface area contributed by atoms with E-state index in [0.29, 0.717) is 5.89 Å². The van der Waals surface area contributed by atoms with Gasteiger partial charge in [-0.1, -0.05) is 37.3 Å². The lowest BCUT2D eigenvalue weighted by Crippen LogP contribution is -1.99. The fourth-order valence-corrected chi connectivity index (χ4v) is 1.71. The Bertz CT molecular complexity index is 427. The number of hydrogen-bond donors (Lipinski definition) is 0. The van der Waals surface area contributed by atoms with E-state index in [9.17, 15) is 0 Å². The molecule has 1 heterocycles. The second-order valence-corrected chi connectivity index (χ2v) is 3.61. The second kappa shape index (κ2) is 4.45. The predicted octanol–water partition coefficient (Wildman–Crippen LogP) is 3.26. The molecule has 15 heavy (non-hydrogen) atoms. The topological polar surface area (TPSA) is 38.9 Å². The smallest absolute Gasteiger partial charge is 0.263 e. The molecule has 0 aliphatic carbocycles. The first-order chi connectivity index (χ1) is 7.31. The fourth-order valence-electron chi connectivity index (χ4n) is 1.60. The van der Waals surface area contributed by atoms with Crippen molar-refractivity contribution in [2.75, 3.05) is 0 Å². The van der Waals surface area contributed by atoms with Crippen molar-refractivity contribution in [3.05, 3.63) is 47.1 Å². The molecule has 1 atom stereocenters. The van der Waals surface area contributed by atoms with Gasteiger partial charge in [0.25, 0.3) is 5.28 Å². The number of nitrogens with zero attached hydrogens (tertiary/aromatic N) is 2. The van der Waals surface area contributed by atoms with E-state index in [1.54, 1.807) is 0 Å². The highest BCUT2D eigenvalue weighted by Gasteiger charge is 2.18. The molecule has 0 amide bonds. The van der Waals surface area contributed by atoms with Crippen LogP contribution in [0.5, 0.6) is 0 Å². The van der Waals surface area contributed by atoms with Crippen molar-refractivity contribution < 1.29 is 4.52 Å². The van der Waals surface area contributed by atoms with Crippen LogP contribution in [0.25, 0.3) is 0 Å². The van der Waals surface area contributed by atoms with Crippen molar-refractivity contribution in [3.8, 4) is 0 Å². The molecular weight excluding hydrogens is 212 g/mol. The van der Waals surface area contributed by atoms with Gasteiger partial charge in [-0.15, -0.1) is 0 Å². The van der Waals surface area contributed by atoms with E-state index in [4.69, 9.17) is 16.1 Å². The summed E-state index contributed by atoms with van der Waals surface area (Å²) in [6, 6.07) is 10.1. The van der Waals surface area contributed by atoms with Crippen LogP contribution >= 0.6 is 11.6 Å². The van der Waals surface area contributed by atoms with Gasteiger partial charge in [-0.3, -0.25) is 0 Å². The van der Waals surface area contributed by atoms with Gasteiger partial charge in [-0.05, 0) is 28.7 Å². The minimum absolute atomic E-state index is 0.131. The molecule has 1 aromatic heterocycles. The van der Waals surface area contributed by atoms with Crippen LogP contribution in [-0.2, 0) is 0 Å². The molecule has 3 nitrogen and oxygen atoms in total. The Morgan fingerprint density at radius 2 is 2.07 bits per heavy atom. The Hall–Kier alpha value is -1.35. The Morgan fingerprint density at radius 3 is 2.60 bits per heavy atom. The van der Waals surface area contributed by atoms with E-state index in [1.807, 2.05) is 30.3 Å².